The first-order valence-electron chi connectivity index (χ1n) is 11.7. The van der Waals surface area contributed by atoms with Crippen LogP contribution in [0.5, 0.6) is 0 Å². The molecule has 0 bridgehead atoms. The van der Waals surface area contributed by atoms with E-state index >= 15 is 0 Å². The normalized spacial score (nSPS) is 21.9. The predicted molar refractivity (Wildman–Crippen MR) is 129 cm³/mol. The van der Waals surface area contributed by atoms with E-state index in [0.717, 1.165) is 38.5 Å². The van der Waals surface area contributed by atoms with Crippen LogP contribution in [0.1, 0.15) is 26.7 Å². The smallest absolute Gasteiger partial charge is 0.250 e. The second-order valence-electron chi connectivity index (χ2n) is 9.18. The molecule has 1 aromatic carbocycles. The van der Waals surface area contributed by atoms with E-state index in [1.165, 1.54) is 11.8 Å². The predicted octanol–water partition coefficient (Wildman–Crippen LogP) is 2.15. The molecule has 0 spiro atoms. The zero-order valence-corrected chi connectivity index (χ0v) is 20.3. The van der Waals surface area contributed by atoms with Gasteiger partial charge in [0.1, 0.15) is 5.54 Å². The summed E-state index contributed by atoms with van der Waals surface area (Å²) in [6.45, 7) is 7.75. The number of aromatic nitrogens is 3. The average Bonchev–Trinajstić information content (AvgIpc) is 3.49. The molecule has 2 fully saturated rings. The number of nitrogens with one attached hydrogen (secondary N) is 1. The van der Waals surface area contributed by atoms with E-state index in [9.17, 15) is 9.59 Å². The Hall–Kier alpha value is -2.63. The van der Waals surface area contributed by atoms with E-state index in [4.69, 9.17) is 9.47 Å². The fourth-order valence-electron chi connectivity index (χ4n) is 4.63. The molecule has 34 heavy (non-hydrogen) atoms. The molecule has 4 heterocycles. The topological polar surface area (TPSA) is 102 Å². The number of hydrogen-bond acceptors (Lipinski definition) is 8. The maximum atomic E-state index is 13.5. The van der Waals surface area contributed by atoms with Gasteiger partial charge in [0.25, 0.3) is 0 Å². The molecular formula is C23H30N6O4S. The first-order valence-corrected chi connectivity index (χ1v) is 12.7. The Bertz CT molecular complexity index is 1060. The van der Waals surface area contributed by atoms with Gasteiger partial charge in [0.05, 0.1) is 43.0 Å². The summed E-state index contributed by atoms with van der Waals surface area (Å²) in [5.41, 5.74) is 0.338. The van der Waals surface area contributed by atoms with E-state index in [1.807, 2.05) is 24.3 Å². The Labute approximate surface area is 203 Å². The fraction of sp³-hybridized carbons (Fsp3) is 0.565. The van der Waals surface area contributed by atoms with Gasteiger partial charge in [-0.2, -0.15) is 0 Å². The number of rotatable bonds is 6. The molecule has 3 aliphatic rings. The molecule has 10 nitrogen and oxygen atoms in total. The van der Waals surface area contributed by atoms with Gasteiger partial charge in [-0.3, -0.25) is 19.1 Å². The third kappa shape index (κ3) is 4.39. The Kier molecular flexibility index (Phi) is 6.50. The summed E-state index contributed by atoms with van der Waals surface area (Å²) in [6.07, 6.45) is 2.16. The number of carbonyl (C=O) groups excluding carboxylic acids is 2. The van der Waals surface area contributed by atoms with Crippen molar-refractivity contribution >= 4 is 40.9 Å². The summed E-state index contributed by atoms with van der Waals surface area (Å²) in [7, 11) is 0. The molecule has 3 aliphatic heterocycles. The van der Waals surface area contributed by atoms with Crippen molar-refractivity contribution in [2.45, 2.75) is 50.0 Å². The SMILES string of the molecule is CC1(C)C(=O)Nc2ccccc2N1C(=O)CSc1nnc(N2CCOCC2)n1CC1CCCO1. The first kappa shape index (κ1) is 23.1. The molecule has 0 aliphatic carbocycles. The molecule has 0 saturated carbocycles. The van der Waals surface area contributed by atoms with Gasteiger partial charge >= 0.3 is 0 Å². The second kappa shape index (κ2) is 9.55. The lowest BCUT2D eigenvalue weighted by Crippen LogP contribution is -2.59. The summed E-state index contributed by atoms with van der Waals surface area (Å²) < 4.78 is 13.4. The number of fused-ring (bicyclic) bond motifs is 1. The molecule has 2 aromatic rings. The van der Waals surface area contributed by atoms with Gasteiger partial charge < -0.3 is 19.7 Å². The molecule has 182 valence electrons. The quantitative estimate of drug-likeness (QED) is 0.620. The van der Waals surface area contributed by atoms with Crippen LogP contribution >= 0.6 is 11.8 Å². The molecular weight excluding hydrogens is 456 g/mol. The largest absolute Gasteiger partial charge is 0.378 e. The maximum Gasteiger partial charge on any atom is 0.250 e. The highest BCUT2D eigenvalue weighted by Gasteiger charge is 2.43. The minimum Gasteiger partial charge on any atom is -0.378 e. The van der Waals surface area contributed by atoms with Crippen LogP contribution in [0.15, 0.2) is 29.4 Å². The van der Waals surface area contributed by atoms with Crippen molar-refractivity contribution in [2.24, 2.45) is 0 Å². The van der Waals surface area contributed by atoms with Crippen LogP contribution < -0.4 is 15.1 Å². The molecule has 11 heteroatoms. The molecule has 1 atom stereocenters. The standard InChI is InChI=1S/C23H30N6O4S/c1-23(2)20(31)24-17-7-3-4-8-18(17)29(23)19(30)15-34-22-26-25-21(27-9-12-32-13-10-27)28(22)14-16-6-5-11-33-16/h3-4,7-8,16H,5-6,9-15H2,1-2H3,(H,24,31). The van der Waals surface area contributed by atoms with Crippen LogP contribution in [0.3, 0.4) is 0 Å². The highest BCUT2D eigenvalue weighted by molar-refractivity contribution is 7.99. The Morgan fingerprint density at radius 1 is 1.21 bits per heavy atom. The Morgan fingerprint density at radius 3 is 2.76 bits per heavy atom. The number of anilines is 3. The van der Waals surface area contributed by atoms with Crippen molar-refractivity contribution < 1.29 is 19.1 Å². The molecule has 0 radical (unpaired) electrons. The van der Waals surface area contributed by atoms with Crippen LogP contribution in [0.2, 0.25) is 0 Å². The van der Waals surface area contributed by atoms with Crippen LogP contribution in [0.4, 0.5) is 17.3 Å². The zero-order valence-electron chi connectivity index (χ0n) is 19.5. The lowest BCUT2D eigenvalue weighted by molar-refractivity contribution is -0.125. The van der Waals surface area contributed by atoms with E-state index < -0.39 is 5.54 Å². The Morgan fingerprint density at radius 2 is 2.00 bits per heavy atom. The molecule has 1 unspecified atom stereocenters. The number of amides is 2. The van der Waals surface area contributed by atoms with Crippen LogP contribution in [-0.2, 0) is 25.6 Å². The minimum absolute atomic E-state index is 0.113. The molecule has 2 saturated heterocycles. The summed E-state index contributed by atoms with van der Waals surface area (Å²) in [6, 6.07) is 7.38. The van der Waals surface area contributed by atoms with Gasteiger partial charge in [0.15, 0.2) is 5.16 Å². The highest BCUT2D eigenvalue weighted by Crippen LogP contribution is 2.37. The minimum atomic E-state index is -1.00. The summed E-state index contributed by atoms with van der Waals surface area (Å²) in [4.78, 5) is 30.0. The lowest BCUT2D eigenvalue weighted by atomic mass is 9.96. The summed E-state index contributed by atoms with van der Waals surface area (Å²) in [5, 5.41) is 12.5. The van der Waals surface area contributed by atoms with Crippen LogP contribution in [0.25, 0.3) is 0 Å². The zero-order chi connectivity index (χ0) is 23.7. The van der Waals surface area contributed by atoms with E-state index in [2.05, 4.69) is 25.0 Å². The van der Waals surface area contributed by atoms with Crippen LogP contribution in [0, 0.1) is 0 Å². The number of morpholine rings is 1. The van der Waals surface area contributed by atoms with Gasteiger partial charge in [-0.25, -0.2) is 0 Å². The fourth-order valence-corrected chi connectivity index (χ4v) is 5.42. The van der Waals surface area contributed by atoms with Crippen molar-refractivity contribution in [1.82, 2.24) is 14.8 Å². The third-order valence-corrected chi connectivity index (χ3v) is 7.43. The van der Waals surface area contributed by atoms with Gasteiger partial charge in [-0.15, -0.1) is 10.2 Å². The second-order valence-corrected chi connectivity index (χ2v) is 10.1. The molecule has 5 rings (SSSR count). The first-order chi connectivity index (χ1) is 16.4. The number of nitrogens with zero attached hydrogens (tertiary/aromatic N) is 5. The average molecular weight is 487 g/mol. The molecule has 2 amide bonds. The van der Waals surface area contributed by atoms with Crippen molar-refractivity contribution in [3.05, 3.63) is 24.3 Å². The van der Waals surface area contributed by atoms with Crippen molar-refractivity contribution in [3.63, 3.8) is 0 Å². The number of para-hydroxylation sites is 2. The van der Waals surface area contributed by atoms with Crippen molar-refractivity contribution in [3.8, 4) is 0 Å². The van der Waals surface area contributed by atoms with Crippen molar-refractivity contribution in [2.75, 3.05) is 53.8 Å². The molecule has 1 aromatic heterocycles. The van der Waals surface area contributed by atoms with Gasteiger partial charge in [0, 0.05) is 19.7 Å². The summed E-state index contributed by atoms with van der Waals surface area (Å²) in [5.74, 6) is 0.562. The van der Waals surface area contributed by atoms with E-state index in [1.54, 1.807) is 18.7 Å². The number of carbonyl (C=O) groups is 2. The highest BCUT2D eigenvalue weighted by atomic mass is 32.2. The lowest BCUT2D eigenvalue weighted by Gasteiger charge is -2.42. The third-order valence-electron chi connectivity index (χ3n) is 6.48. The molecule has 1 N–H and O–H groups in total. The number of hydrogen-bond donors (Lipinski definition) is 1. The van der Waals surface area contributed by atoms with E-state index in [-0.39, 0.29) is 23.7 Å². The van der Waals surface area contributed by atoms with Crippen LogP contribution in [-0.4, -0.2) is 76.9 Å². The van der Waals surface area contributed by atoms with Gasteiger partial charge in [-0.05, 0) is 38.8 Å². The van der Waals surface area contributed by atoms with Gasteiger partial charge in [0.2, 0.25) is 17.8 Å². The Balaban J connectivity index is 1.37. The number of benzene rings is 1. The monoisotopic (exact) mass is 486 g/mol. The van der Waals surface area contributed by atoms with Gasteiger partial charge in [-0.1, -0.05) is 23.9 Å². The number of ether oxygens (including phenoxy) is 2. The maximum absolute atomic E-state index is 13.5. The summed E-state index contributed by atoms with van der Waals surface area (Å²) >= 11 is 1.35. The van der Waals surface area contributed by atoms with Crippen molar-refractivity contribution in [1.29, 1.82) is 0 Å². The number of thioether (sulfide) groups is 1. The van der Waals surface area contributed by atoms with E-state index in [0.29, 0.717) is 36.3 Å².